The Hall–Kier alpha value is -1.75. The van der Waals surface area contributed by atoms with Crippen molar-refractivity contribution in [2.75, 3.05) is 26.8 Å². The molecular weight excluding hydrogens is 246 g/mol. The van der Waals surface area contributed by atoms with E-state index in [0.717, 1.165) is 0 Å². The van der Waals surface area contributed by atoms with Gasteiger partial charge < -0.3 is 19.5 Å². The number of rotatable bonds is 3. The summed E-state index contributed by atoms with van der Waals surface area (Å²) in [4.78, 5) is 14.0. The molecule has 5 nitrogen and oxygen atoms in total. The second kappa shape index (κ2) is 5.93. The molecule has 1 aliphatic heterocycles. The molecule has 1 amide bonds. The lowest BCUT2D eigenvalue weighted by Crippen LogP contribution is -2.45. The lowest BCUT2D eigenvalue weighted by Gasteiger charge is -2.31. The topological polar surface area (TPSA) is 59.0 Å². The first-order chi connectivity index (χ1) is 9.10. The maximum absolute atomic E-state index is 12.2. The molecule has 19 heavy (non-hydrogen) atoms. The molecule has 104 valence electrons. The minimum Gasteiger partial charge on any atom is -0.508 e. The van der Waals surface area contributed by atoms with Gasteiger partial charge in [-0.3, -0.25) is 4.79 Å². The summed E-state index contributed by atoms with van der Waals surface area (Å²) in [6.07, 6.45) is 0.299. The third-order valence-electron chi connectivity index (χ3n) is 3.20. The molecule has 0 aromatic heterocycles. The van der Waals surface area contributed by atoms with E-state index in [1.165, 1.54) is 0 Å². The van der Waals surface area contributed by atoms with Crippen LogP contribution in [0.1, 0.15) is 12.5 Å². The Morgan fingerprint density at radius 1 is 1.58 bits per heavy atom. The summed E-state index contributed by atoms with van der Waals surface area (Å²) in [5, 5.41) is 9.50. The van der Waals surface area contributed by atoms with Gasteiger partial charge in [0.05, 0.1) is 26.2 Å². The van der Waals surface area contributed by atoms with E-state index in [9.17, 15) is 9.90 Å². The zero-order valence-corrected chi connectivity index (χ0v) is 11.3. The van der Waals surface area contributed by atoms with Crippen LogP contribution in [0.25, 0.3) is 0 Å². The van der Waals surface area contributed by atoms with Crippen molar-refractivity contribution < 1.29 is 19.4 Å². The quantitative estimate of drug-likeness (QED) is 0.892. The van der Waals surface area contributed by atoms with Crippen LogP contribution in [0.3, 0.4) is 0 Å². The van der Waals surface area contributed by atoms with E-state index in [4.69, 9.17) is 9.47 Å². The van der Waals surface area contributed by atoms with E-state index in [0.29, 0.717) is 31.0 Å². The molecule has 1 aliphatic rings. The monoisotopic (exact) mass is 265 g/mol. The molecule has 5 heteroatoms. The molecule has 1 fully saturated rings. The number of morpholine rings is 1. The molecule has 1 atom stereocenters. The van der Waals surface area contributed by atoms with Crippen molar-refractivity contribution in [2.45, 2.75) is 19.4 Å². The number of benzene rings is 1. The first kappa shape index (κ1) is 13.7. The highest BCUT2D eigenvalue weighted by atomic mass is 16.5. The zero-order chi connectivity index (χ0) is 13.8. The predicted octanol–water partition coefficient (Wildman–Crippen LogP) is 1.19. The van der Waals surface area contributed by atoms with Gasteiger partial charge in [-0.15, -0.1) is 0 Å². The van der Waals surface area contributed by atoms with Gasteiger partial charge in [-0.2, -0.15) is 0 Å². The first-order valence-corrected chi connectivity index (χ1v) is 6.35. The number of carbonyl (C=O) groups excluding carboxylic acids is 1. The summed E-state index contributed by atoms with van der Waals surface area (Å²) >= 11 is 0. The highest BCUT2D eigenvalue weighted by molar-refractivity contribution is 5.79. The Balaban J connectivity index is 2.07. The van der Waals surface area contributed by atoms with Crippen molar-refractivity contribution in [3.05, 3.63) is 23.8 Å². The molecular formula is C14H19NO4. The zero-order valence-electron chi connectivity index (χ0n) is 11.3. The number of aromatic hydroxyl groups is 1. The van der Waals surface area contributed by atoms with Crippen molar-refractivity contribution in [3.8, 4) is 11.5 Å². The number of methoxy groups -OCH3 is 1. The second-order valence-electron chi connectivity index (χ2n) is 4.69. The van der Waals surface area contributed by atoms with Gasteiger partial charge in [0.1, 0.15) is 11.5 Å². The van der Waals surface area contributed by atoms with E-state index in [1.807, 2.05) is 6.92 Å². The molecule has 0 radical (unpaired) electrons. The van der Waals surface area contributed by atoms with E-state index >= 15 is 0 Å². The van der Waals surface area contributed by atoms with Crippen molar-refractivity contribution in [1.82, 2.24) is 4.90 Å². The van der Waals surface area contributed by atoms with E-state index in [1.54, 1.807) is 30.2 Å². The number of hydrogen-bond acceptors (Lipinski definition) is 4. The first-order valence-electron chi connectivity index (χ1n) is 6.35. The van der Waals surface area contributed by atoms with Crippen LogP contribution in [-0.4, -0.2) is 48.8 Å². The van der Waals surface area contributed by atoms with Crippen LogP contribution in [-0.2, 0) is 16.0 Å². The minimum absolute atomic E-state index is 0.0269. The SMILES string of the molecule is COc1ccc(O)cc1CC(=O)N1CCO[C@@H](C)C1. The van der Waals surface area contributed by atoms with Crippen LogP contribution < -0.4 is 4.74 Å². The Morgan fingerprint density at radius 2 is 2.37 bits per heavy atom. The Labute approximate surface area is 112 Å². The van der Waals surface area contributed by atoms with Gasteiger partial charge in [-0.05, 0) is 25.1 Å². The van der Waals surface area contributed by atoms with Crippen molar-refractivity contribution in [2.24, 2.45) is 0 Å². The van der Waals surface area contributed by atoms with Gasteiger partial charge in [0.2, 0.25) is 5.91 Å². The summed E-state index contributed by atoms with van der Waals surface area (Å²) in [6.45, 7) is 3.75. The molecule has 1 N–H and O–H groups in total. The molecule has 2 rings (SSSR count). The summed E-state index contributed by atoms with van der Waals surface area (Å²) in [5.41, 5.74) is 0.701. The van der Waals surface area contributed by atoms with Crippen LogP contribution in [0.15, 0.2) is 18.2 Å². The standard InChI is InChI=1S/C14H19NO4/c1-10-9-15(5-6-19-10)14(17)8-11-7-12(16)3-4-13(11)18-2/h3-4,7,10,16H,5-6,8-9H2,1-2H3/t10-/m0/s1. The number of phenols is 1. The lowest BCUT2D eigenvalue weighted by atomic mass is 10.1. The smallest absolute Gasteiger partial charge is 0.227 e. The average molecular weight is 265 g/mol. The van der Waals surface area contributed by atoms with Crippen molar-refractivity contribution in [3.63, 3.8) is 0 Å². The molecule has 0 aliphatic carbocycles. The molecule has 0 unspecified atom stereocenters. The maximum Gasteiger partial charge on any atom is 0.227 e. The van der Waals surface area contributed by atoms with Crippen LogP contribution in [0.4, 0.5) is 0 Å². The molecule has 0 bridgehead atoms. The fourth-order valence-electron chi connectivity index (χ4n) is 2.22. The van der Waals surface area contributed by atoms with Crippen molar-refractivity contribution >= 4 is 5.91 Å². The largest absolute Gasteiger partial charge is 0.508 e. The average Bonchev–Trinajstić information content (AvgIpc) is 2.39. The van der Waals surface area contributed by atoms with Gasteiger partial charge in [-0.1, -0.05) is 0 Å². The number of amides is 1. The Bertz CT molecular complexity index is 461. The van der Waals surface area contributed by atoms with Gasteiger partial charge in [0.15, 0.2) is 0 Å². The van der Waals surface area contributed by atoms with Gasteiger partial charge >= 0.3 is 0 Å². The van der Waals surface area contributed by atoms with Gasteiger partial charge in [-0.25, -0.2) is 0 Å². The third-order valence-corrected chi connectivity index (χ3v) is 3.20. The lowest BCUT2D eigenvalue weighted by molar-refractivity contribution is -0.137. The fourth-order valence-corrected chi connectivity index (χ4v) is 2.22. The summed E-state index contributed by atoms with van der Waals surface area (Å²) < 4.78 is 10.6. The fraction of sp³-hybridized carbons (Fsp3) is 0.500. The number of ether oxygens (including phenoxy) is 2. The third kappa shape index (κ3) is 3.38. The van der Waals surface area contributed by atoms with Gasteiger partial charge in [0, 0.05) is 18.7 Å². The van der Waals surface area contributed by atoms with Crippen LogP contribution in [0, 0.1) is 0 Å². The molecule has 1 saturated heterocycles. The summed E-state index contributed by atoms with van der Waals surface area (Å²) in [7, 11) is 1.55. The number of phenolic OH excluding ortho intramolecular Hbond substituents is 1. The molecule has 1 aromatic carbocycles. The van der Waals surface area contributed by atoms with Crippen molar-refractivity contribution in [1.29, 1.82) is 0 Å². The van der Waals surface area contributed by atoms with Crippen LogP contribution in [0.5, 0.6) is 11.5 Å². The highest BCUT2D eigenvalue weighted by Crippen LogP contribution is 2.24. The molecule has 1 heterocycles. The molecule has 1 aromatic rings. The number of carbonyl (C=O) groups is 1. The normalized spacial score (nSPS) is 19.3. The van der Waals surface area contributed by atoms with Crippen LogP contribution >= 0.6 is 0 Å². The number of nitrogens with zero attached hydrogens (tertiary/aromatic N) is 1. The van der Waals surface area contributed by atoms with Crippen LogP contribution in [0.2, 0.25) is 0 Å². The maximum atomic E-state index is 12.2. The Morgan fingerprint density at radius 3 is 3.05 bits per heavy atom. The summed E-state index contributed by atoms with van der Waals surface area (Å²) in [6, 6.07) is 4.78. The Kier molecular flexibility index (Phi) is 4.27. The van der Waals surface area contributed by atoms with E-state index < -0.39 is 0 Å². The van der Waals surface area contributed by atoms with Gasteiger partial charge in [0.25, 0.3) is 0 Å². The molecule has 0 spiro atoms. The highest BCUT2D eigenvalue weighted by Gasteiger charge is 2.22. The molecule has 0 saturated carbocycles. The van der Waals surface area contributed by atoms with E-state index in [-0.39, 0.29) is 24.2 Å². The van der Waals surface area contributed by atoms with E-state index in [2.05, 4.69) is 0 Å². The summed E-state index contributed by atoms with van der Waals surface area (Å²) in [5.74, 6) is 0.783. The predicted molar refractivity (Wildman–Crippen MR) is 70.4 cm³/mol. The number of hydrogen-bond donors (Lipinski definition) is 1. The second-order valence-corrected chi connectivity index (χ2v) is 4.69. The minimum atomic E-state index is 0.0269.